The van der Waals surface area contributed by atoms with E-state index in [1.54, 1.807) is 0 Å². The first-order valence-corrected chi connectivity index (χ1v) is 4.42. The molecule has 1 rings (SSSR count). The fourth-order valence-electron chi connectivity index (χ4n) is 1.16. The van der Waals surface area contributed by atoms with E-state index in [2.05, 4.69) is 4.74 Å². The molecule has 0 saturated heterocycles. The molecule has 16 heavy (non-hydrogen) atoms. The van der Waals surface area contributed by atoms with Crippen LogP contribution in [0.4, 0.5) is 18.9 Å². The Kier molecular flexibility index (Phi) is 3.76. The van der Waals surface area contributed by atoms with Gasteiger partial charge in [-0.2, -0.15) is 0 Å². The number of alkyl halides is 2. The summed E-state index contributed by atoms with van der Waals surface area (Å²) in [7, 11) is 0. The molecule has 0 aliphatic carbocycles. The summed E-state index contributed by atoms with van der Waals surface area (Å²) in [6, 6.07) is 2.38. The summed E-state index contributed by atoms with van der Waals surface area (Å²) in [6.07, 6.45) is -2.78. The van der Waals surface area contributed by atoms with Crippen molar-refractivity contribution in [3.63, 3.8) is 0 Å². The number of carbonyl (C=O) groups is 1. The maximum Gasteiger partial charge on any atom is 0.341 e. The first-order valence-electron chi connectivity index (χ1n) is 4.42. The third-order valence-electron chi connectivity index (χ3n) is 1.84. The van der Waals surface area contributed by atoms with Gasteiger partial charge < -0.3 is 10.5 Å². The van der Waals surface area contributed by atoms with Gasteiger partial charge in [0.15, 0.2) is 6.61 Å². The summed E-state index contributed by atoms with van der Waals surface area (Å²) in [4.78, 5) is 11.2. The second kappa shape index (κ2) is 4.87. The first-order chi connectivity index (χ1) is 7.41. The Morgan fingerprint density at radius 3 is 2.69 bits per heavy atom. The zero-order valence-corrected chi connectivity index (χ0v) is 8.47. The van der Waals surface area contributed by atoms with E-state index in [-0.39, 0.29) is 11.3 Å². The fraction of sp³-hybridized carbons (Fsp3) is 0.300. The molecule has 2 N–H and O–H groups in total. The van der Waals surface area contributed by atoms with E-state index in [0.29, 0.717) is 0 Å². The molecule has 0 amide bonds. The van der Waals surface area contributed by atoms with Crippen LogP contribution in [0.1, 0.15) is 15.9 Å². The molecule has 0 aliphatic rings. The standard InChI is InChI=1S/C10H10F3NO2/c1-5-2-6(14)3-7(9(5)13)10(15)16-4-8(11)12/h2-3,8H,4,14H2,1H3. The summed E-state index contributed by atoms with van der Waals surface area (Å²) in [5, 5.41) is 0. The van der Waals surface area contributed by atoms with Crippen LogP contribution in [0.5, 0.6) is 0 Å². The number of nitrogens with two attached hydrogens (primary N) is 1. The molecule has 0 radical (unpaired) electrons. The third kappa shape index (κ3) is 2.88. The SMILES string of the molecule is Cc1cc(N)cc(C(=O)OCC(F)F)c1F. The Morgan fingerprint density at radius 2 is 2.12 bits per heavy atom. The lowest BCUT2D eigenvalue weighted by atomic mass is 10.1. The van der Waals surface area contributed by atoms with Crippen molar-refractivity contribution >= 4 is 11.7 Å². The number of anilines is 1. The highest BCUT2D eigenvalue weighted by Crippen LogP contribution is 2.18. The smallest absolute Gasteiger partial charge is 0.341 e. The maximum absolute atomic E-state index is 13.4. The summed E-state index contributed by atoms with van der Waals surface area (Å²) in [5.74, 6) is -1.96. The number of benzene rings is 1. The minimum atomic E-state index is -2.78. The van der Waals surface area contributed by atoms with Gasteiger partial charge in [-0.25, -0.2) is 18.0 Å². The normalized spacial score (nSPS) is 10.6. The first kappa shape index (κ1) is 12.4. The van der Waals surface area contributed by atoms with Crippen LogP contribution < -0.4 is 5.73 Å². The second-order valence-corrected chi connectivity index (χ2v) is 3.19. The quantitative estimate of drug-likeness (QED) is 0.642. The number of esters is 1. The molecule has 0 bridgehead atoms. The van der Waals surface area contributed by atoms with Crippen molar-refractivity contribution in [3.05, 3.63) is 29.1 Å². The Bertz CT molecular complexity index is 407. The molecule has 1 aromatic carbocycles. The molecule has 6 heteroatoms. The highest BCUT2D eigenvalue weighted by molar-refractivity contribution is 5.91. The average molecular weight is 233 g/mol. The van der Waals surface area contributed by atoms with Crippen molar-refractivity contribution in [3.8, 4) is 0 Å². The molecule has 0 aromatic heterocycles. The van der Waals surface area contributed by atoms with Crippen molar-refractivity contribution in [2.75, 3.05) is 12.3 Å². The molecule has 3 nitrogen and oxygen atoms in total. The van der Waals surface area contributed by atoms with Gasteiger partial charge in [-0.05, 0) is 24.6 Å². The van der Waals surface area contributed by atoms with Gasteiger partial charge in [0.1, 0.15) is 5.82 Å². The van der Waals surface area contributed by atoms with Crippen molar-refractivity contribution in [2.45, 2.75) is 13.3 Å². The lowest BCUT2D eigenvalue weighted by molar-refractivity contribution is 0.0156. The van der Waals surface area contributed by atoms with Gasteiger partial charge in [0, 0.05) is 5.69 Å². The average Bonchev–Trinajstić information content (AvgIpc) is 2.19. The number of halogens is 3. The molecule has 1 aromatic rings. The highest BCUT2D eigenvalue weighted by Gasteiger charge is 2.17. The Hall–Kier alpha value is -1.72. The third-order valence-corrected chi connectivity index (χ3v) is 1.84. The number of ether oxygens (including phenoxy) is 1. The highest BCUT2D eigenvalue weighted by atomic mass is 19.3. The molecule has 88 valence electrons. The van der Waals surface area contributed by atoms with E-state index in [4.69, 9.17) is 5.73 Å². The zero-order valence-electron chi connectivity index (χ0n) is 8.47. The van der Waals surface area contributed by atoms with E-state index in [1.807, 2.05) is 0 Å². The molecule has 0 heterocycles. The van der Waals surface area contributed by atoms with Crippen molar-refractivity contribution in [1.82, 2.24) is 0 Å². The fourth-order valence-corrected chi connectivity index (χ4v) is 1.16. The van der Waals surface area contributed by atoms with Gasteiger partial charge in [0.25, 0.3) is 6.43 Å². The molecular formula is C10H10F3NO2. The van der Waals surface area contributed by atoms with Crippen LogP contribution >= 0.6 is 0 Å². The molecule has 0 fully saturated rings. The predicted octanol–water partition coefficient (Wildman–Crippen LogP) is 2.14. The molecule has 0 spiro atoms. The Labute approximate surface area is 90.0 Å². The van der Waals surface area contributed by atoms with Crippen LogP contribution in [-0.4, -0.2) is 19.0 Å². The molecule has 0 aliphatic heterocycles. The van der Waals surface area contributed by atoms with E-state index in [0.717, 1.165) is 6.07 Å². The molecule has 0 saturated carbocycles. The topological polar surface area (TPSA) is 52.3 Å². The van der Waals surface area contributed by atoms with Crippen LogP contribution in [0, 0.1) is 12.7 Å². The number of nitrogen functional groups attached to an aromatic ring is 1. The summed E-state index contributed by atoms with van der Waals surface area (Å²) in [6.45, 7) is 0.349. The van der Waals surface area contributed by atoms with E-state index in [9.17, 15) is 18.0 Å². The summed E-state index contributed by atoms with van der Waals surface area (Å²) in [5.41, 5.74) is 5.29. The number of aryl methyl sites for hydroxylation is 1. The summed E-state index contributed by atoms with van der Waals surface area (Å²) < 4.78 is 41.2. The van der Waals surface area contributed by atoms with Gasteiger partial charge in [0.2, 0.25) is 0 Å². The van der Waals surface area contributed by atoms with Crippen molar-refractivity contribution in [2.24, 2.45) is 0 Å². The number of rotatable bonds is 3. The van der Waals surface area contributed by atoms with Crippen molar-refractivity contribution in [1.29, 1.82) is 0 Å². The largest absolute Gasteiger partial charge is 0.456 e. The predicted molar refractivity (Wildman–Crippen MR) is 51.8 cm³/mol. The second-order valence-electron chi connectivity index (χ2n) is 3.19. The molecular weight excluding hydrogens is 223 g/mol. The lowest BCUT2D eigenvalue weighted by Gasteiger charge is -2.07. The van der Waals surface area contributed by atoms with E-state index in [1.165, 1.54) is 13.0 Å². The lowest BCUT2D eigenvalue weighted by Crippen LogP contribution is -2.14. The van der Waals surface area contributed by atoms with Gasteiger partial charge in [-0.15, -0.1) is 0 Å². The van der Waals surface area contributed by atoms with Gasteiger partial charge >= 0.3 is 5.97 Å². The number of hydrogen-bond acceptors (Lipinski definition) is 3. The van der Waals surface area contributed by atoms with E-state index < -0.39 is 30.4 Å². The van der Waals surface area contributed by atoms with E-state index >= 15 is 0 Å². The van der Waals surface area contributed by atoms with Crippen LogP contribution in [0.15, 0.2) is 12.1 Å². The van der Waals surface area contributed by atoms with Crippen LogP contribution in [0.25, 0.3) is 0 Å². The van der Waals surface area contributed by atoms with Crippen LogP contribution in [0.3, 0.4) is 0 Å². The zero-order chi connectivity index (χ0) is 12.3. The van der Waals surface area contributed by atoms with Crippen LogP contribution in [-0.2, 0) is 4.74 Å². The molecule has 0 atom stereocenters. The Morgan fingerprint density at radius 1 is 1.50 bits per heavy atom. The van der Waals surface area contributed by atoms with Crippen molar-refractivity contribution < 1.29 is 22.7 Å². The van der Waals surface area contributed by atoms with Gasteiger partial charge in [0.05, 0.1) is 5.56 Å². The number of hydrogen-bond donors (Lipinski definition) is 1. The minimum Gasteiger partial charge on any atom is -0.456 e. The monoisotopic (exact) mass is 233 g/mol. The minimum absolute atomic E-state index is 0.156. The Balaban J connectivity index is 2.91. The maximum atomic E-state index is 13.4. The number of carbonyl (C=O) groups excluding carboxylic acids is 1. The van der Waals surface area contributed by atoms with Gasteiger partial charge in [-0.3, -0.25) is 0 Å². The van der Waals surface area contributed by atoms with Crippen LogP contribution in [0.2, 0.25) is 0 Å². The molecule has 0 unspecified atom stereocenters. The summed E-state index contributed by atoms with van der Waals surface area (Å²) >= 11 is 0. The van der Waals surface area contributed by atoms with Gasteiger partial charge in [-0.1, -0.05) is 0 Å².